The highest BCUT2D eigenvalue weighted by Gasteiger charge is 2.27. The van der Waals surface area contributed by atoms with E-state index in [1.165, 1.54) is 0 Å². The summed E-state index contributed by atoms with van der Waals surface area (Å²) in [5.74, 6) is 0.611. The van der Waals surface area contributed by atoms with Crippen LogP contribution in [0.15, 0.2) is 22.7 Å². The zero-order valence-corrected chi connectivity index (χ0v) is 13.5. The summed E-state index contributed by atoms with van der Waals surface area (Å²) in [6.45, 7) is 0.722. The number of hydrogen-bond donors (Lipinski definition) is 0. The second kappa shape index (κ2) is 6.54. The van der Waals surface area contributed by atoms with E-state index in [1.807, 2.05) is 18.2 Å². The molecule has 8 heteroatoms. The number of benzene rings is 1. The summed E-state index contributed by atoms with van der Waals surface area (Å²) in [5.41, 5.74) is 1.55. The molecule has 1 aromatic carbocycles. The number of ether oxygens (including phenoxy) is 1. The van der Waals surface area contributed by atoms with Crippen LogP contribution in [0.5, 0.6) is 0 Å². The third kappa shape index (κ3) is 4.34. The topological polar surface area (TPSA) is 27.1 Å². The molecule has 0 aliphatic rings. The van der Waals surface area contributed by atoms with Gasteiger partial charge in [-0.05, 0) is 25.1 Å². The van der Waals surface area contributed by atoms with E-state index in [2.05, 4.69) is 25.7 Å². The van der Waals surface area contributed by atoms with Gasteiger partial charge in [-0.3, -0.25) is 0 Å². The fraction of sp³-hybridized carbons (Fsp3) is 0.462. The normalized spacial score (nSPS) is 13.8. The van der Waals surface area contributed by atoms with Crippen molar-refractivity contribution < 1.29 is 17.9 Å². The van der Waals surface area contributed by atoms with Gasteiger partial charge < -0.3 is 9.30 Å². The van der Waals surface area contributed by atoms with Crippen molar-refractivity contribution in [2.24, 2.45) is 0 Å². The number of nitrogens with zero attached hydrogens (tertiary/aromatic N) is 2. The van der Waals surface area contributed by atoms with Gasteiger partial charge in [-0.25, -0.2) is 4.98 Å². The molecule has 0 aliphatic heterocycles. The quantitative estimate of drug-likeness (QED) is 0.552. The van der Waals surface area contributed by atoms with Crippen LogP contribution < -0.4 is 0 Å². The molecule has 0 radical (unpaired) electrons. The second-order valence-corrected chi connectivity index (χ2v) is 6.11. The van der Waals surface area contributed by atoms with Gasteiger partial charge in [-0.1, -0.05) is 15.9 Å². The van der Waals surface area contributed by atoms with Gasteiger partial charge in [-0.15, -0.1) is 11.6 Å². The SMILES string of the molecule is CC(Cl)c1nc2cc(Br)ccc2n1CCOCC(F)(F)F. The van der Waals surface area contributed by atoms with E-state index in [-0.39, 0.29) is 18.5 Å². The van der Waals surface area contributed by atoms with E-state index in [0.29, 0.717) is 5.82 Å². The zero-order valence-electron chi connectivity index (χ0n) is 11.1. The lowest BCUT2D eigenvalue weighted by Crippen LogP contribution is -2.19. The van der Waals surface area contributed by atoms with E-state index in [9.17, 15) is 13.2 Å². The Labute approximate surface area is 133 Å². The van der Waals surface area contributed by atoms with Gasteiger partial charge >= 0.3 is 6.18 Å². The van der Waals surface area contributed by atoms with Gasteiger partial charge in [0.2, 0.25) is 0 Å². The molecule has 3 nitrogen and oxygen atoms in total. The summed E-state index contributed by atoms with van der Waals surface area (Å²) in [6.07, 6.45) is -4.32. The van der Waals surface area contributed by atoms with Crippen molar-refractivity contribution in [3.05, 3.63) is 28.5 Å². The maximum atomic E-state index is 12.1. The van der Waals surface area contributed by atoms with Gasteiger partial charge in [0.25, 0.3) is 0 Å². The van der Waals surface area contributed by atoms with Crippen molar-refractivity contribution in [1.29, 1.82) is 0 Å². The Hall–Kier alpha value is -0.790. The largest absolute Gasteiger partial charge is 0.411 e. The number of imidazole rings is 1. The van der Waals surface area contributed by atoms with E-state index in [0.717, 1.165) is 15.5 Å². The molecule has 21 heavy (non-hydrogen) atoms. The third-order valence-corrected chi connectivity index (χ3v) is 3.51. The van der Waals surface area contributed by atoms with Crippen molar-refractivity contribution in [3.63, 3.8) is 0 Å². The van der Waals surface area contributed by atoms with E-state index < -0.39 is 12.8 Å². The minimum absolute atomic E-state index is 0.0579. The molecule has 0 bridgehead atoms. The van der Waals surface area contributed by atoms with Crippen molar-refractivity contribution in [2.45, 2.75) is 25.0 Å². The van der Waals surface area contributed by atoms with Gasteiger partial charge in [-0.2, -0.15) is 13.2 Å². The maximum Gasteiger partial charge on any atom is 0.411 e. The van der Waals surface area contributed by atoms with Crippen LogP contribution in [-0.2, 0) is 11.3 Å². The van der Waals surface area contributed by atoms with E-state index in [1.54, 1.807) is 11.5 Å². The average molecular weight is 386 g/mol. The summed E-state index contributed by atoms with van der Waals surface area (Å²) < 4.78 is 43.5. The standard InChI is InChI=1S/C13H13BrClF3N2O/c1-8(15)12-19-10-6-9(14)2-3-11(10)20(12)4-5-21-7-13(16,17)18/h2-3,6,8H,4-5,7H2,1H3. The smallest absolute Gasteiger partial charge is 0.370 e. The highest BCUT2D eigenvalue weighted by molar-refractivity contribution is 9.10. The first-order chi connectivity index (χ1) is 9.78. The van der Waals surface area contributed by atoms with Crippen LogP contribution in [0.25, 0.3) is 11.0 Å². The molecule has 0 saturated heterocycles. The van der Waals surface area contributed by atoms with Crippen molar-refractivity contribution >= 4 is 38.6 Å². The van der Waals surface area contributed by atoms with Crippen LogP contribution in [-0.4, -0.2) is 28.9 Å². The molecule has 1 heterocycles. The fourth-order valence-corrected chi connectivity index (χ4v) is 2.52. The molecule has 0 saturated carbocycles. The van der Waals surface area contributed by atoms with Crippen molar-refractivity contribution in [2.75, 3.05) is 13.2 Å². The maximum absolute atomic E-state index is 12.1. The fourth-order valence-electron chi connectivity index (χ4n) is 2.00. The molecule has 0 fully saturated rings. The number of aromatic nitrogens is 2. The second-order valence-electron chi connectivity index (χ2n) is 4.54. The Balaban J connectivity index is 2.19. The Bertz CT molecular complexity index is 628. The molecular weight excluding hydrogens is 373 g/mol. The Morgan fingerprint density at radius 1 is 1.43 bits per heavy atom. The molecule has 0 N–H and O–H groups in total. The number of hydrogen-bond acceptors (Lipinski definition) is 2. The summed E-state index contributed by atoms with van der Waals surface area (Å²) in [5, 5.41) is -0.348. The molecule has 2 rings (SSSR count). The Kier molecular flexibility index (Phi) is 5.16. The first kappa shape index (κ1) is 16.6. The lowest BCUT2D eigenvalue weighted by atomic mass is 10.3. The summed E-state index contributed by atoms with van der Waals surface area (Å²) in [4.78, 5) is 4.42. The number of alkyl halides is 4. The van der Waals surface area contributed by atoms with Gasteiger partial charge in [0.1, 0.15) is 12.4 Å². The molecule has 116 valence electrons. The first-order valence-electron chi connectivity index (χ1n) is 6.22. The number of fused-ring (bicyclic) bond motifs is 1. The van der Waals surface area contributed by atoms with Crippen LogP contribution in [0.2, 0.25) is 0 Å². The van der Waals surface area contributed by atoms with Crippen LogP contribution in [0.1, 0.15) is 18.1 Å². The molecule has 0 aliphatic carbocycles. The van der Waals surface area contributed by atoms with Crippen LogP contribution in [0.4, 0.5) is 13.2 Å². The molecule has 1 atom stereocenters. The van der Waals surface area contributed by atoms with Gasteiger partial charge in [0.15, 0.2) is 0 Å². The monoisotopic (exact) mass is 384 g/mol. The lowest BCUT2D eigenvalue weighted by Gasteiger charge is -2.12. The first-order valence-corrected chi connectivity index (χ1v) is 7.45. The third-order valence-electron chi connectivity index (χ3n) is 2.82. The molecule has 1 aromatic heterocycles. The zero-order chi connectivity index (χ0) is 15.6. The van der Waals surface area contributed by atoms with Crippen molar-refractivity contribution in [3.8, 4) is 0 Å². The van der Waals surface area contributed by atoms with E-state index >= 15 is 0 Å². The average Bonchev–Trinajstić information content (AvgIpc) is 2.71. The lowest BCUT2D eigenvalue weighted by molar-refractivity contribution is -0.174. The van der Waals surface area contributed by atoms with Gasteiger partial charge in [0, 0.05) is 11.0 Å². The summed E-state index contributed by atoms with van der Waals surface area (Å²) in [7, 11) is 0. The predicted octanol–water partition coefficient (Wildman–Crippen LogP) is 4.68. The molecule has 2 aromatic rings. The molecule has 0 spiro atoms. The highest BCUT2D eigenvalue weighted by Crippen LogP contribution is 2.26. The summed E-state index contributed by atoms with van der Waals surface area (Å²) >= 11 is 9.45. The Morgan fingerprint density at radius 2 is 2.14 bits per heavy atom. The number of halogens is 5. The molecule has 0 amide bonds. The number of rotatable bonds is 5. The summed E-state index contributed by atoms with van der Waals surface area (Å²) in [6, 6.07) is 5.53. The minimum atomic E-state index is -4.32. The molecule has 1 unspecified atom stereocenters. The highest BCUT2D eigenvalue weighted by atomic mass is 79.9. The minimum Gasteiger partial charge on any atom is -0.370 e. The van der Waals surface area contributed by atoms with Crippen molar-refractivity contribution in [1.82, 2.24) is 9.55 Å². The molecular formula is C13H13BrClF3N2O. The van der Waals surface area contributed by atoms with E-state index in [4.69, 9.17) is 11.6 Å². The van der Waals surface area contributed by atoms with Crippen LogP contribution >= 0.6 is 27.5 Å². The Morgan fingerprint density at radius 3 is 2.76 bits per heavy atom. The van der Waals surface area contributed by atoms with Crippen LogP contribution in [0, 0.1) is 0 Å². The van der Waals surface area contributed by atoms with Gasteiger partial charge in [0.05, 0.1) is 23.0 Å². The predicted molar refractivity (Wildman–Crippen MR) is 78.6 cm³/mol. The van der Waals surface area contributed by atoms with Crippen LogP contribution in [0.3, 0.4) is 0 Å².